The fraction of sp³-hybridized carbons (Fsp3) is 0.267. The van der Waals surface area contributed by atoms with Gasteiger partial charge in [0.1, 0.15) is 0 Å². The standard InChI is InChI=1S/C15H18ClN3/c1-2-7-17-8-3-9-18-14-6-10-19-15-11-12(16)4-5-13(14)15/h2,4-6,10-11,17H,1,3,7-9H2,(H,18,19). The van der Waals surface area contributed by atoms with E-state index < -0.39 is 0 Å². The van der Waals surface area contributed by atoms with Crippen LogP contribution in [0.4, 0.5) is 5.69 Å². The van der Waals surface area contributed by atoms with E-state index in [1.54, 1.807) is 6.20 Å². The number of halogens is 1. The van der Waals surface area contributed by atoms with Crippen molar-refractivity contribution >= 4 is 28.2 Å². The van der Waals surface area contributed by atoms with Crippen molar-refractivity contribution in [3.8, 4) is 0 Å². The smallest absolute Gasteiger partial charge is 0.0737 e. The molecule has 1 heterocycles. The van der Waals surface area contributed by atoms with Gasteiger partial charge in [0, 0.05) is 35.4 Å². The number of benzene rings is 1. The molecule has 0 aliphatic heterocycles. The summed E-state index contributed by atoms with van der Waals surface area (Å²) in [5.74, 6) is 0. The van der Waals surface area contributed by atoms with E-state index in [0.717, 1.165) is 42.6 Å². The second-order valence-corrected chi connectivity index (χ2v) is 4.73. The third kappa shape index (κ3) is 3.94. The zero-order valence-corrected chi connectivity index (χ0v) is 11.6. The minimum Gasteiger partial charge on any atom is -0.384 e. The summed E-state index contributed by atoms with van der Waals surface area (Å²) in [4.78, 5) is 4.32. The molecule has 0 saturated carbocycles. The molecule has 2 aromatic rings. The molecule has 0 fully saturated rings. The topological polar surface area (TPSA) is 37.0 Å². The van der Waals surface area contributed by atoms with Gasteiger partial charge < -0.3 is 10.6 Å². The Labute approximate surface area is 118 Å². The molecule has 0 bridgehead atoms. The van der Waals surface area contributed by atoms with Crippen molar-refractivity contribution in [3.05, 3.63) is 48.1 Å². The molecule has 1 aromatic heterocycles. The molecule has 1 aromatic carbocycles. The van der Waals surface area contributed by atoms with E-state index in [4.69, 9.17) is 11.6 Å². The number of nitrogens with one attached hydrogen (secondary N) is 2. The Morgan fingerprint density at radius 2 is 2.16 bits per heavy atom. The predicted octanol–water partition coefficient (Wildman–Crippen LogP) is 3.47. The molecule has 0 saturated heterocycles. The van der Waals surface area contributed by atoms with Crippen LogP contribution in [-0.4, -0.2) is 24.6 Å². The van der Waals surface area contributed by atoms with Crippen molar-refractivity contribution in [1.82, 2.24) is 10.3 Å². The van der Waals surface area contributed by atoms with E-state index in [2.05, 4.69) is 22.2 Å². The third-order valence-electron chi connectivity index (χ3n) is 2.84. The molecule has 2 N–H and O–H groups in total. The average molecular weight is 276 g/mol. The fourth-order valence-corrected chi connectivity index (χ4v) is 2.08. The molecule has 0 atom stereocenters. The molecular formula is C15H18ClN3. The van der Waals surface area contributed by atoms with Gasteiger partial charge in [-0.15, -0.1) is 6.58 Å². The lowest BCUT2D eigenvalue weighted by molar-refractivity contribution is 0.712. The van der Waals surface area contributed by atoms with Gasteiger partial charge in [-0.05, 0) is 37.2 Å². The highest BCUT2D eigenvalue weighted by Gasteiger charge is 2.01. The molecule has 4 heteroatoms. The molecule has 0 spiro atoms. The quantitative estimate of drug-likeness (QED) is 0.600. The maximum Gasteiger partial charge on any atom is 0.0737 e. The van der Waals surface area contributed by atoms with Crippen LogP contribution >= 0.6 is 11.6 Å². The van der Waals surface area contributed by atoms with Crippen LogP contribution in [0.5, 0.6) is 0 Å². The minimum absolute atomic E-state index is 0.714. The van der Waals surface area contributed by atoms with Crippen molar-refractivity contribution in [2.24, 2.45) is 0 Å². The summed E-state index contributed by atoms with van der Waals surface area (Å²) in [5, 5.41) is 8.53. The maximum atomic E-state index is 5.97. The summed E-state index contributed by atoms with van der Waals surface area (Å²) in [5.41, 5.74) is 2.02. The number of rotatable bonds is 7. The highest BCUT2D eigenvalue weighted by Crippen LogP contribution is 2.24. The van der Waals surface area contributed by atoms with Gasteiger partial charge in [-0.25, -0.2) is 0 Å². The average Bonchev–Trinajstić information content (AvgIpc) is 2.42. The highest BCUT2D eigenvalue weighted by molar-refractivity contribution is 6.31. The van der Waals surface area contributed by atoms with E-state index >= 15 is 0 Å². The van der Waals surface area contributed by atoms with E-state index in [0.29, 0.717) is 5.02 Å². The number of fused-ring (bicyclic) bond motifs is 1. The van der Waals surface area contributed by atoms with Gasteiger partial charge in [0.25, 0.3) is 0 Å². The van der Waals surface area contributed by atoms with Crippen molar-refractivity contribution < 1.29 is 0 Å². The number of aromatic nitrogens is 1. The number of pyridine rings is 1. The molecular weight excluding hydrogens is 258 g/mol. The Hall–Kier alpha value is -1.58. The molecule has 100 valence electrons. The van der Waals surface area contributed by atoms with Crippen LogP contribution in [0.25, 0.3) is 10.9 Å². The first kappa shape index (κ1) is 13.8. The molecule has 0 radical (unpaired) electrons. The largest absolute Gasteiger partial charge is 0.384 e. The van der Waals surface area contributed by atoms with Gasteiger partial charge >= 0.3 is 0 Å². The van der Waals surface area contributed by atoms with Crippen LogP contribution in [0.2, 0.25) is 5.02 Å². The van der Waals surface area contributed by atoms with E-state index in [1.165, 1.54) is 0 Å². The zero-order valence-electron chi connectivity index (χ0n) is 10.8. The van der Waals surface area contributed by atoms with Crippen LogP contribution in [-0.2, 0) is 0 Å². The van der Waals surface area contributed by atoms with Crippen LogP contribution in [0.3, 0.4) is 0 Å². The van der Waals surface area contributed by atoms with E-state index in [9.17, 15) is 0 Å². The van der Waals surface area contributed by atoms with Crippen LogP contribution in [0.1, 0.15) is 6.42 Å². The summed E-state index contributed by atoms with van der Waals surface area (Å²) in [7, 11) is 0. The zero-order chi connectivity index (χ0) is 13.5. The SMILES string of the molecule is C=CCNCCCNc1ccnc2cc(Cl)ccc12. The molecule has 3 nitrogen and oxygen atoms in total. The monoisotopic (exact) mass is 275 g/mol. The van der Waals surface area contributed by atoms with Gasteiger partial charge in [0.05, 0.1) is 5.52 Å². The fourth-order valence-electron chi connectivity index (χ4n) is 1.92. The minimum atomic E-state index is 0.714. The molecule has 0 unspecified atom stereocenters. The number of nitrogens with zero attached hydrogens (tertiary/aromatic N) is 1. The van der Waals surface area contributed by atoms with Crippen molar-refractivity contribution in [2.75, 3.05) is 25.0 Å². The lowest BCUT2D eigenvalue weighted by Crippen LogP contribution is -2.17. The molecule has 19 heavy (non-hydrogen) atoms. The normalized spacial score (nSPS) is 10.6. The van der Waals surface area contributed by atoms with Gasteiger partial charge in [-0.2, -0.15) is 0 Å². The van der Waals surface area contributed by atoms with Crippen LogP contribution < -0.4 is 10.6 Å². The first-order valence-corrected chi connectivity index (χ1v) is 6.79. The predicted molar refractivity (Wildman–Crippen MR) is 82.9 cm³/mol. The summed E-state index contributed by atoms with van der Waals surface area (Å²) in [6, 6.07) is 7.77. The van der Waals surface area contributed by atoms with Gasteiger partial charge in [0.2, 0.25) is 0 Å². The van der Waals surface area contributed by atoms with Crippen molar-refractivity contribution in [3.63, 3.8) is 0 Å². The Morgan fingerprint density at radius 3 is 3.00 bits per heavy atom. The lowest BCUT2D eigenvalue weighted by Gasteiger charge is -2.09. The molecule has 0 aliphatic carbocycles. The van der Waals surface area contributed by atoms with E-state index in [-0.39, 0.29) is 0 Å². The van der Waals surface area contributed by atoms with Crippen LogP contribution in [0.15, 0.2) is 43.1 Å². The van der Waals surface area contributed by atoms with Crippen molar-refractivity contribution in [2.45, 2.75) is 6.42 Å². The Bertz CT molecular complexity index is 554. The number of anilines is 1. The molecule has 0 amide bonds. The maximum absolute atomic E-state index is 5.97. The number of hydrogen-bond donors (Lipinski definition) is 2. The first-order chi connectivity index (χ1) is 9.31. The highest BCUT2D eigenvalue weighted by atomic mass is 35.5. The van der Waals surface area contributed by atoms with Gasteiger partial charge in [-0.3, -0.25) is 4.98 Å². The summed E-state index contributed by atoms with van der Waals surface area (Å²) < 4.78 is 0. The van der Waals surface area contributed by atoms with Gasteiger partial charge in [0.15, 0.2) is 0 Å². The second-order valence-electron chi connectivity index (χ2n) is 4.29. The van der Waals surface area contributed by atoms with Crippen LogP contribution in [0, 0.1) is 0 Å². The van der Waals surface area contributed by atoms with E-state index in [1.807, 2.05) is 30.3 Å². The molecule has 0 aliphatic rings. The summed E-state index contributed by atoms with van der Waals surface area (Å²) in [6.45, 7) is 6.43. The van der Waals surface area contributed by atoms with Crippen molar-refractivity contribution in [1.29, 1.82) is 0 Å². The first-order valence-electron chi connectivity index (χ1n) is 6.41. The molecule has 2 rings (SSSR count). The third-order valence-corrected chi connectivity index (χ3v) is 3.07. The Balaban J connectivity index is 1.95. The Morgan fingerprint density at radius 1 is 1.26 bits per heavy atom. The van der Waals surface area contributed by atoms with Gasteiger partial charge in [-0.1, -0.05) is 17.7 Å². The Kier molecular flexibility index (Phi) is 5.19. The number of hydrogen-bond acceptors (Lipinski definition) is 3. The summed E-state index contributed by atoms with van der Waals surface area (Å²) in [6.07, 6.45) is 4.73. The lowest BCUT2D eigenvalue weighted by atomic mass is 10.2. The second kappa shape index (κ2) is 7.12. The summed E-state index contributed by atoms with van der Waals surface area (Å²) >= 11 is 5.97.